The van der Waals surface area contributed by atoms with Gasteiger partial charge in [-0.1, -0.05) is 6.07 Å². The van der Waals surface area contributed by atoms with Crippen LogP contribution in [0.2, 0.25) is 0 Å². The predicted octanol–water partition coefficient (Wildman–Crippen LogP) is 3.29. The zero-order valence-corrected chi connectivity index (χ0v) is 9.40. The lowest BCUT2D eigenvalue weighted by Crippen LogP contribution is -2.22. The molecule has 16 heavy (non-hydrogen) atoms. The van der Waals surface area contributed by atoms with Gasteiger partial charge in [0, 0.05) is 0 Å². The molecule has 0 unspecified atom stereocenters. The molecule has 0 radical (unpaired) electrons. The van der Waals surface area contributed by atoms with Crippen molar-refractivity contribution in [2.75, 3.05) is 19.0 Å². The van der Waals surface area contributed by atoms with E-state index in [1.165, 1.54) is 7.11 Å². The molecule has 5 heteroatoms. The SMILES string of the molecule is COc1cc(C)cc(C)c1NCC(F)(F)F. The highest BCUT2D eigenvalue weighted by atomic mass is 19.4. The maximum atomic E-state index is 12.1. The first-order valence-electron chi connectivity index (χ1n) is 4.79. The standard InChI is InChI=1S/C11H14F3NO/c1-7-4-8(2)10(9(5-7)16-3)15-6-11(12,13)14/h4-5,15H,6H2,1-3H3. The normalized spacial score (nSPS) is 11.4. The van der Waals surface area contributed by atoms with Gasteiger partial charge in [-0.15, -0.1) is 0 Å². The van der Waals surface area contributed by atoms with Crippen molar-refractivity contribution in [2.45, 2.75) is 20.0 Å². The summed E-state index contributed by atoms with van der Waals surface area (Å²) in [6.45, 7) is 2.55. The van der Waals surface area contributed by atoms with Crippen LogP contribution in [0.3, 0.4) is 0 Å². The van der Waals surface area contributed by atoms with Crippen molar-refractivity contribution in [3.05, 3.63) is 23.3 Å². The predicted molar refractivity (Wildman–Crippen MR) is 57.0 cm³/mol. The fourth-order valence-electron chi connectivity index (χ4n) is 1.50. The molecule has 1 N–H and O–H groups in total. The van der Waals surface area contributed by atoms with E-state index in [2.05, 4.69) is 5.32 Å². The Bertz CT molecular complexity index is 374. The third kappa shape index (κ3) is 3.32. The van der Waals surface area contributed by atoms with Gasteiger partial charge in [0.25, 0.3) is 0 Å². The number of methoxy groups -OCH3 is 1. The Morgan fingerprint density at radius 3 is 2.38 bits per heavy atom. The molecule has 1 aromatic rings. The summed E-state index contributed by atoms with van der Waals surface area (Å²) in [5.41, 5.74) is 2.08. The van der Waals surface area contributed by atoms with Crippen LogP contribution >= 0.6 is 0 Å². The first-order valence-corrected chi connectivity index (χ1v) is 4.79. The van der Waals surface area contributed by atoms with Crippen molar-refractivity contribution >= 4 is 5.69 Å². The van der Waals surface area contributed by atoms with Crippen LogP contribution in [0.15, 0.2) is 12.1 Å². The lowest BCUT2D eigenvalue weighted by molar-refractivity contribution is -0.115. The Balaban J connectivity index is 2.94. The van der Waals surface area contributed by atoms with E-state index in [1.54, 1.807) is 19.1 Å². The van der Waals surface area contributed by atoms with Crippen LogP contribution in [0.1, 0.15) is 11.1 Å². The maximum absolute atomic E-state index is 12.1. The van der Waals surface area contributed by atoms with E-state index in [1.807, 2.05) is 6.92 Å². The van der Waals surface area contributed by atoms with Gasteiger partial charge in [-0.2, -0.15) is 13.2 Å². The first kappa shape index (κ1) is 12.7. The second kappa shape index (κ2) is 4.63. The second-order valence-corrected chi connectivity index (χ2v) is 3.63. The highest BCUT2D eigenvalue weighted by molar-refractivity contribution is 5.63. The first-order chi connectivity index (χ1) is 7.33. The Labute approximate surface area is 92.4 Å². The molecule has 0 aromatic heterocycles. The molecule has 1 aromatic carbocycles. The van der Waals surface area contributed by atoms with Crippen molar-refractivity contribution in [2.24, 2.45) is 0 Å². The number of nitrogens with one attached hydrogen (secondary N) is 1. The molecule has 0 bridgehead atoms. The molecule has 0 atom stereocenters. The number of benzene rings is 1. The number of ether oxygens (including phenoxy) is 1. The van der Waals surface area contributed by atoms with Gasteiger partial charge in [0.2, 0.25) is 0 Å². The number of hydrogen-bond donors (Lipinski definition) is 1. The number of anilines is 1. The summed E-state index contributed by atoms with van der Waals surface area (Å²) in [5.74, 6) is 0.432. The topological polar surface area (TPSA) is 21.3 Å². The van der Waals surface area contributed by atoms with Crippen LogP contribution in [-0.2, 0) is 0 Å². The van der Waals surface area contributed by atoms with E-state index in [4.69, 9.17) is 4.74 Å². The second-order valence-electron chi connectivity index (χ2n) is 3.63. The number of halogens is 3. The van der Waals surface area contributed by atoms with Crippen molar-refractivity contribution in [1.82, 2.24) is 0 Å². The van der Waals surface area contributed by atoms with E-state index in [0.717, 1.165) is 11.1 Å². The molecule has 1 rings (SSSR count). The average Bonchev–Trinajstić information content (AvgIpc) is 2.13. The molecule has 0 aliphatic heterocycles. The van der Waals surface area contributed by atoms with Crippen LogP contribution < -0.4 is 10.1 Å². The number of hydrogen-bond acceptors (Lipinski definition) is 2. The minimum absolute atomic E-state index is 0.394. The van der Waals surface area contributed by atoms with Crippen LogP contribution in [-0.4, -0.2) is 19.8 Å². The van der Waals surface area contributed by atoms with E-state index >= 15 is 0 Å². The smallest absolute Gasteiger partial charge is 0.405 e. The van der Waals surface area contributed by atoms with Crippen molar-refractivity contribution in [3.8, 4) is 5.75 Å². The summed E-state index contributed by atoms with van der Waals surface area (Å²) in [6.07, 6.45) is -4.23. The molecular formula is C11H14F3NO. The molecule has 0 saturated heterocycles. The van der Waals surface area contributed by atoms with Crippen LogP contribution in [0.25, 0.3) is 0 Å². The van der Waals surface area contributed by atoms with Crippen molar-refractivity contribution in [3.63, 3.8) is 0 Å². The number of alkyl halides is 3. The minimum Gasteiger partial charge on any atom is -0.495 e. The zero-order valence-electron chi connectivity index (χ0n) is 9.40. The zero-order chi connectivity index (χ0) is 12.3. The molecule has 0 spiro atoms. The molecule has 2 nitrogen and oxygen atoms in total. The highest BCUT2D eigenvalue weighted by Crippen LogP contribution is 2.30. The van der Waals surface area contributed by atoms with Crippen LogP contribution in [0, 0.1) is 13.8 Å². The number of aryl methyl sites for hydroxylation is 2. The fourth-order valence-corrected chi connectivity index (χ4v) is 1.50. The molecule has 90 valence electrons. The van der Waals surface area contributed by atoms with E-state index < -0.39 is 12.7 Å². The third-order valence-electron chi connectivity index (χ3n) is 2.13. The van der Waals surface area contributed by atoms with Crippen LogP contribution in [0.4, 0.5) is 18.9 Å². The van der Waals surface area contributed by atoms with Gasteiger partial charge in [0.1, 0.15) is 12.3 Å². The Morgan fingerprint density at radius 2 is 1.88 bits per heavy atom. The van der Waals surface area contributed by atoms with E-state index in [9.17, 15) is 13.2 Å². The average molecular weight is 233 g/mol. The number of rotatable bonds is 3. The molecular weight excluding hydrogens is 219 g/mol. The summed E-state index contributed by atoms with van der Waals surface area (Å²) >= 11 is 0. The minimum atomic E-state index is -4.23. The van der Waals surface area contributed by atoms with Gasteiger partial charge in [-0.05, 0) is 31.0 Å². The quantitative estimate of drug-likeness (QED) is 0.865. The Hall–Kier alpha value is -1.39. The van der Waals surface area contributed by atoms with Crippen molar-refractivity contribution in [1.29, 1.82) is 0 Å². The Kier molecular flexibility index (Phi) is 3.67. The Morgan fingerprint density at radius 1 is 1.25 bits per heavy atom. The lowest BCUT2D eigenvalue weighted by Gasteiger charge is -2.16. The van der Waals surface area contributed by atoms with Gasteiger partial charge < -0.3 is 10.1 Å². The van der Waals surface area contributed by atoms with Gasteiger partial charge in [0.15, 0.2) is 0 Å². The van der Waals surface area contributed by atoms with Gasteiger partial charge in [-0.25, -0.2) is 0 Å². The lowest BCUT2D eigenvalue weighted by atomic mass is 10.1. The molecule has 0 heterocycles. The van der Waals surface area contributed by atoms with Gasteiger partial charge in [0.05, 0.1) is 12.8 Å². The van der Waals surface area contributed by atoms with Gasteiger partial charge >= 0.3 is 6.18 Å². The van der Waals surface area contributed by atoms with E-state index in [0.29, 0.717) is 11.4 Å². The maximum Gasteiger partial charge on any atom is 0.405 e. The fraction of sp³-hybridized carbons (Fsp3) is 0.455. The monoisotopic (exact) mass is 233 g/mol. The highest BCUT2D eigenvalue weighted by Gasteiger charge is 2.27. The molecule has 0 amide bonds. The summed E-state index contributed by atoms with van der Waals surface area (Å²) in [4.78, 5) is 0. The van der Waals surface area contributed by atoms with Crippen molar-refractivity contribution < 1.29 is 17.9 Å². The van der Waals surface area contributed by atoms with Crippen LogP contribution in [0.5, 0.6) is 5.75 Å². The summed E-state index contributed by atoms with van der Waals surface area (Å²) < 4.78 is 41.3. The third-order valence-corrected chi connectivity index (χ3v) is 2.13. The molecule has 0 fully saturated rings. The van der Waals surface area contributed by atoms with E-state index in [-0.39, 0.29) is 0 Å². The molecule has 0 saturated carbocycles. The molecule has 0 aliphatic carbocycles. The largest absolute Gasteiger partial charge is 0.495 e. The summed E-state index contributed by atoms with van der Waals surface area (Å²) in [6, 6.07) is 3.51. The summed E-state index contributed by atoms with van der Waals surface area (Å²) in [5, 5.41) is 2.35. The molecule has 0 aliphatic rings. The van der Waals surface area contributed by atoms with Gasteiger partial charge in [-0.3, -0.25) is 0 Å². The summed E-state index contributed by atoms with van der Waals surface area (Å²) in [7, 11) is 1.44.